The lowest BCUT2D eigenvalue weighted by Crippen LogP contribution is -1.95. The van der Waals surface area contributed by atoms with E-state index in [9.17, 15) is 0 Å². The third-order valence-corrected chi connectivity index (χ3v) is 1.78. The van der Waals surface area contributed by atoms with E-state index in [0.717, 1.165) is 30.9 Å². The first-order chi connectivity index (χ1) is 4.33. The maximum atomic E-state index is 7.46. The summed E-state index contributed by atoms with van der Waals surface area (Å²) in [6.45, 7) is 2.14. The predicted octanol–water partition coefficient (Wildman–Crippen LogP) is 2.61. The summed E-state index contributed by atoms with van der Waals surface area (Å²) >= 11 is 0. The van der Waals surface area contributed by atoms with Gasteiger partial charge in [-0.1, -0.05) is 13.3 Å². The monoisotopic (exact) mass is 125 g/mol. The molecule has 0 aromatic heterocycles. The minimum atomic E-state index is 0.907. The summed E-state index contributed by atoms with van der Waals surface area (Å²) in [6.07, 6.45) is 6.02. The molecule has 1 saturated carbocycles. The molecule has 0 amide bonds. The normalized spacial score (nSPS) is 17.9. The SMILES string of the molecule is CCCC(=N)CC1CC1. The van der Waals surface area contributed by atoms with Gasteiger partial charge in [0.05, 0.1) is 0 Å². The minimum Gasteiger partial charge on any atom is -0.310 e. The van der Waals surface area contributed by atoms with Crippen molar-refractivity contribution in [3.63, 3.8) is 0 Å². The van der Waals surface area contributed by atoms with Gasteiger partial charge in [-0.25, -0.2) is 0 Å². The van der Waals surface area contributed by atoms with Crippen molar-refractivity contribution >= 4 is 5.71 Å². The van der Waals surface area contributed by atoms with Gasteiger partial charge < -0.3 is 5.41 Å². The van der Waals surface area contributed by atoms with E-state index in [2.05, 4.69) is 6.92 Å². The minimum absolute atomic E-state index is 0.907. The van der Waals surface area contributed by atoms with Gasteiger partial charge in [0.1, 0.15) is 0 Å². The molecule has 1 aliphatic carbocycles. The zero-order chi connectivity index (χ0) is 6.69. The van der Waals surface area contributed by atoms with Gasteiger partial charge >= 0.3 is 0 Å². The Morgan fingerprint density at radius 1 is 1.56 bits per heavy atom. The van der Waals surface area contributed by atoms with Gasteiger partial charge in [0.25, 0.3) is 0 Å². The van der Waals surface area contributed by atoms with Crippen molar-refractivity contribution in [2.75, 3.05) is 0 Å². The van der Waals surface area contributed by atoms with E-state index in [1.54, 1.807) is 0 Å². The Hall–Kier alpha value is -0.330. The highest BCUT2D eigenvalue weighted by Crippen LogP contribution is 2.32. The van der Waals surface area contributed by atoms with Crippen molar-refractivity contribution in [3.8, 4) is 0 Å². The van der Waals surface area contributed by atoms with Crippen LogP contribution in [0.25, 0.3) is 0 Å². The van der Waals surface area contributed by atoms with Crippen molar-refractivity contribution < 1.29 is 0 Å². The van der Waals surface area contributed by atoms with Gasteiger partial charge in [0, 0.05) is 5.71 Å². The van der Waals surface area contributed by atoms with Gasteiger partial charge in [-0.3, -0.25) is 0 Å². The molecule has 0 heterocycles. The summed E-state index contributed by atoms with van der Waals surface area (Å²) in [6, 6.07) is 0. The highest BCUT2D eigenvalue weighted by atomic mass is 14.4. The molecule has 0 saturated heterocycles. The molecule has 1 N–H and O–H groups in total. The third kappa shape index (κ3) is 2.64. The van der Waals surface area contributed by atoms with Gasteiger partial charge in [-0.2, -0.15) is 0 Å². The van der Waals surface area contributed by atoms with Crippen molar-refractivity contribution in [2.45, 2.75) is 39.0 Å². The highest BCUT2D eigenvalue weighted by molar-refractivity contribution is 5.81. The molecule has 1 fully saturated rings. The first-order valence-corrected chi connectivity index (χ1v) is 3.89. The summed E-state index contributed by atoms with van der Waals surface area (Å²) in [4.78, 5) is 0. The fourth-order valence-corrected chi connectivity index (χ4v) is 1.07. The third-order valence-electron chi connectivity index (χ3n) is 1.78. The predicted molar refractivity (Wildman–Crippen MR) is 40.0 cm³/mol. The molecule has 0 radical (unpaired) electrons. The van der Waals surface area contributed by atoms with Gasteiger partial charge in [-0.05, 0) is 31.6 Å². The molecule has 0 spiro atoms. The molecule has 1 aliphatic rings. The smallest absolute Gasteiger partial charge is 0.00918 e. The van der Waals surface area contributed by atoms with Crippen LogP contribution in [0.15, 0.2) is 0 Å². The molecule has 0 aliphatic heterocycles. The standard InChI is InChI=1S/C8H15N/c1-2-3-8(9)6-7-4-5-7/h7,9H,2-6H2,1H3. The van der Waals surface area contributed by atoms with Crippen molar-refractivity contribution in [1.29, 1.82) is 5.41 Å². The summed E-state index contributed by atoms with van der Waals surface area (Å²) < 4.78 is 0. The van der Waals surface area contributed by atoms with Crippen LogP contribution in [0.2, 0.25) is 0 Å². The molecule has 0 unspecified atom stereocenters. The maximum absolute atomic E-state index is 7.46. The van der Waals surface area contributed by atoms with Crippen LogP contribution in [0.4, 0.5) is 0 Å². The van der Waals surface area contributed by atoms with Crippen molar-refractivity contribution in [2.24, 2.45) is 5.92 Å². The number of hydrogen-bond donors (Lipinski definition) is 1. The Morgan fingerprint density at radius 3 is 2.67 bits per heavy atom. The lowest BCUT2D eigenvalue weighted by molar-refractivity contribution is 0.848. The van der Waals surface area contributed by atoms with E-state index in [1.165, 1.54) is 12.8 Å². The Balaban J connectivity index is 2.02. The van der Waals surface area contributed by atoms with Crippen LogP contribution in [0.1, 0.15) is 39.0 Å². The lowest BCUT2D eigenvalue weighted by atomic mass is 10.1. The molecule has 1 heteroatoms. The number of hydrogen-bond acceptors (Lipinski definition) is 1. The first kappa shape index (κ1) is 6.79. The molecule has 0 atom stereocenters. The summed E-state index contributed by atoms with van der Waals surface area (Å²) in [7, 11) is 0. The van der Waals surface area contributed by atoms with E-state index in [0.29, 0.717) is 0 Å². The summed E-state index contributed by atoms with van der Waals surface area (Å²) in [5.41, 5.74) is 0.972. The Labute approximate surface area is 57.0 Å². The zero-order valence-electron chi connectivity index (χ0n) is 6.11. The van der Waals surface area contributed by atoms with E-state index >= 15 is 0 Å². The molecule has 0 aromatic rings. The van der Waals surface area contributed by atoms with E-state index < -0.39 is 0 Å². The van der Waals surface area contributed by atoms with Crippen LogP contribution in [-0.2, 0) is 0 Å². The van der Waals surface area contributed by atoms with Gasteiger partial charge in [0.2, 0.25) is 0 Å². The van der Waals surface area contributed by atoms with E-state index in [1.807, 2.05) is 0 Å². The van der Waals surface area contributed by atoms with Crippen LogP contribution in [0.3, 0.4) is 0 Å². The lowest BCUT2D eigenvalue weighted by Gasteiger charge is -1.97. The molecule has 0 bridgehead atoms. The second kappa shape index (κ2) is 3.00. The van der Waals surface area contributed by atoms with Crippen molar-refractivity contribution in [3.05, 3.63) is 0 Å². The Morgan fingerprint density at radius 2 is 2.22 bits per heavy atom. The van der Waals surface area contributed by atoms with E-state index in [-0.39, 0.29) is 0 Å². The van der Waals surface area contributed by atoms with Crippen LogP contribution in [0.5, 0.6) is 0 Å². The molecule has 0 aromatic carbocycles. The second-order valence-electron chi connectivity index (χ2n) is 3.00. The topological polar surface area (TPSA) is 23.9 Å². The molecule has 1 rings (SSSR count). The summed E-state index contributed by atoms with van der Waals surface area (Å²) in [5.74, 6) is 0.907. The summed E-state index contributed by atoms with van der Waals surface area (Å²) in [5, 5.41) is 7.46. The Kier molecular flexibility index (Phi) is 2.26. The number of rotatable bonds is 4. The van der Waals surface area contributed by atoms with Gasteiger partial charge in [-0.15, -0.1) is 0 Å². The van der Waals surface area contributed by atoms with Crippen LogP contribution in [-0.4, -0.2) is 5.71 Å². The number of nitrogens with one attached hydrogen (secondary N) is 1. The largest absolute Gasteiger partial charge is 0.310 e. The van der Waals surface area contributed by atoms with Crippen LogP contribution >= 0.6 is 0 Å². The molecular weight excluding hydrogens is 110 g/mol. The fourth-order valence-electron chi connectivity index (χ4n) is 1.07. The second-order valence-corrected chi connectivity index (χ2v) is 3.00. The molecule has 9 heavy (non-hydrogen) atoms. The molecular formula is C8H15N. The van der Waals surface area contributed by atoms with E-state index in [4.69, 9.17) is 5.41 Å². The quantitative estimate of drug-likeness (QED) is 0.558. The zero-order valence-corrected chi connectivity index (χ0v) is 6.11. The average molecular weight is 125 g/mol. The highest BCUT2D eigenvalue weighted by Gasteiger charge is 2.21. The van der Waals surface area contributed by atoms with Crippen molar-refractivity contribution in [1.82, 2.24) is 0 Å². The molecule has 1 nitrogen and oxygen atoms in total. The fraction of sp³-hybridized carbons (Fsp3) is 0.875. The van der Waals surface area contributed by atoms with Crippen LogP contribution in [0, 0.1) is 11.3 Å². The maximum Gasteiger partial charge on any atom is 0.00918 e. The van der Waals surface area contributed by atoms with Crippen LogP contribution < -0.4 is 0 Å². The molecule has 52 valence electrons. The van der Waals surface area contributed by atoms with Gasteiger partial charge in [0.15, 0.2) is 0 Å². The first-order valence-electron chi connectivity index (χ1n) is 3.89. The Bertz CT molecular complexity index is 103. The average Bonchev–Trinajstić information content (AvgIpc) is 2.50.